The van der Waals surface area contributed by atoms with E-state index in [1.807, 2.05) is 42.3 Å². The van der Waals surface area contributed by atoms with Gasteiger partial charge in [0.25, 0.3) is 5.91 Å². The standard InChI is InChI=1S/C21H29ClN4O2/c1-21(2,3)19-15-18(24(4)23-19)20(27)26-11-9-25(10-12-26)13-14-28-17-7-5-16(22)6-8-17/h5-8,15H,9-14H2,1-4H3. The van der Waals surface area contributed by atoms with Crippen LogP contribution in [0.5, 0.6) is 5.75 Å². The third kappa shape index (κ3) is 5.06. The molecule has 1 aromatic carbocycles. The summed E-state index contributed by atoms with van der Waals surface area (Å²) in [7, 11) is 1.84. The zero-order valence-corrected chi connectivity index (χ0v) is 17.9. The summed E-state index contributed by atoms with van der Waals surface area (Å²) in [4.78, 5) is 17.1. The molecule has 1 aliphatic heterocycles. The molecule has 2 heterocycles. The first-order valence-electron chi connectivity index (χ1n) is 9.68. The number of aryl methyl sites for hydroxylation is 1. The molecule has 1 fully saturated rings. The topological polar surface area (TPSA) is 50.6 Å². The number of halogens is 1. The van der Waals surface area contributed by atoms with Crippen LogP contribution in [-0.2, 0) is 12.5 Å². The number of rotatable bonds is 5. The van der Waals surface area contributed by atoms with E-state index in [0.717, 1.165) is 44.2 Å². The molecule has 6 nitrogen and oxygen atoms in total. The number of aromatic nitrogens is 2. The van der Waals surface area contributed by atoms with Gasteiger partial charge < -0.3 is 9.64 Å². The van der Waals surface area contributed by atoms with Gasteiger partial charge in [0.1, 0.15) is 18.1 Å². The van der Waals surface area contributed by atoms with Gasteiger partial charge >= 0.3 is 0 Å². The smallest absolute Gasteiger partial charge is 0.272 e. The van der Waals surface area contributed by atoms with Crippen molar-refractivity contribution in [2.45, 2.75) is 26.2 Å². The first-order valence-corrected chi connectivity index (χ1v) is 10.1. The lowest BCUT2D eigenvalue weighted by Gasteiger charge is -2.34. The molecule has 0 aliphatic carbocycles. The number of carbonyl (C=O) groups excluding carboxylic acids is 1. The predicted molar refractivity (Wildman–Crippen MR) is 111 cm³/mol. The van der Waals surface area contributed by atoms with Gasteiger partial charge in [-0.25, -0.2) is 0 Å². The van der Waals surface area contributed by atoms with Crippen LogP contribution in [-0.4, -0.2) is 64.8 Å². The summed E-state index contributed by atoms with van der Waals surface area (Å²) >= 11 is 5.88. The highest BCUT2D eigenvalue weighted by molar-refractivity contribution is 6.30. The van der Waals surface area contributed by atoms with Crippen molar-refractivity contribution in [1.29, 1.82) is 0 Å². The van der Waals surface area contributed by atoms with E-state index in [4.69, 9.17) is 16.3 Å². The van der Waals surface area contributed by atoms with Crippen molar-refractivity contribution in [3.05, 3.63) is 46.7 Å². The molecular formula is C21H29ClN4O2. The summed E-state index contributed by atoms with van der Waals surface area (Å²) in [6.07, 6.45) is 0. The fraction of sp³-hybridized carbons (Fsp3) is 0.524. The van der Waals surface area contributed by atoms with E-state index in [-0.39, 0.29) is 11.3 Å². The molecule has 3 rings (SSSR count). The maximum Gasteiger partial charge on any atom is 0.272 e. The van der Waals surface area contributed by atoms with Gasteiger partial charge in [0.05, 0.1) is 5.69 Å². The Morgan fingerprint density at radius 2 is 1.79 bits per heavy atom. The van der Waals surface area contributed by atoms with E-state index in [1.165, 1.54) is 0 Å². The molecule has 0 saturated carbocycles. The monoisotopic (exact) mass is 404 g/mol. The maximum atomic E-state index is 12.9. The number of hydrogen-bond donors (Lipinski definition) is 0. The van der Waals surface area contributed by atoms with Crippen LogP contribution in [0.1, 0.15) is 37.0 Å². The minimum absolute atomic E-state index is 0.0579. The Balaban J connectivity index is 1.47. The lowest BCUT2D eigenvalue weighted by molar-refractivity contribution is 0.0610. The van der Waals surface area contributed by atoms with E-state index in [2.05, 4.69) is 30.8 Å². The van der Waals surface area contributed by atoms with Crippen LogP contribution < -0.4 is 4.74 Å². The van der Waals surface area contributed by atoms with Crippen LogP contribution in [0.2, 0.25) is 5.02 Å². The van der Waals surface area contributed by atoms with Crippen molar-refractivity contribution in [1.82, 2.24) is 19.6 Å². The minimum Gasteiger partial charge on any atom is -0.492 e. The number of hydrogen-bond acceptors (Lipinski definition) is 4. The molecule has 0 spiro atoms. The second kappa shape index (κ2) is 8.53. The molecule has 1 amide bonds. The Labute approximate surface area is 172 Å². The first-order chi connectivity index (χ1) is 13.2. The Bertz CT molecular complexity index is 803. The average Bonchev–Trinajstić information content (AvgIpc) is 3.05. The average molecular weight is 405 g/mol. The molecule has 2 aromatic rings. The van der Waals surface area contributed by atoms with E-state index in [0.29, 0.717) is 17.3 Å². The molecule has 0 atom stereocenters. The van der Waals surface area contributed by atoms with Crippen molar-refractivity contribution < 1.29 is 9.53 Å². The van der Waals surface area contributed by atoms with Crippen LogP contribution >= 0.6 is 11.6 Å². The Kier molecular flexibility index (Phi) is 6.30. The van der Waals surface area contributed by atoms with E-state index >= 15 is 0 Å². The fourth-order valence-corrected chi connectivity index (χ4v) is 3.32. The zero-order chi connectivity index (χ0) is 20.3. The minimum atomic E-state index is -0.0704. The summed E-state index contributed by atoms with van der Waals surface area (Å²) in [5.74, 6) is 0.881. The molecule has 0 unspecified atom stereocenters. The number of benzene rings is 1. The van der Waals surface area contributed by atoms with Crippen molar-refractivity contribution >= 4 is 17.5 Å². The number of amides is 1. The van der Waals surface area contributed by atoms with E-state index in [1.54, 1.807) is 4.68 Å². The Morgan fingerprint density at radius 1 is 1.14 bits per heavy atom. The number of carbonyl (C=O) groups is 1. The highest BCUT2D eigenvalue weighted by atomic mass is 35.5. The SMILES string of the molecule is Cn1nc(C(C)(C)C)cc1C(=O)N1CCN(CCOc2ccc(Cl)cc2)CC1. The quantitative estimate of drug-likeness (QED) is 0.767. The Morgan fingerprint density at radius 3 is 2.36 bits per heavy atom. The van der Waals surface area contributed by atoms with Crippen LogP contribution in [0.3, 0.4) is 0 Å². The van der Waals surface area contributed by atoms with Crippen LogP contribution in [0.15, 0.2) is 30.3 Å². The molecule has 1 aliphatic rings. The van der Waals surface area contributed by atoms with Crippen molar-refractivity contribution in [2.24, 2.45) is 7.05 Å². The van der Waals surface area contributed by atoms with E-state index in [9.17, 15) is 4.79 Å². The third-order valence-corrected chi connectivity index (χ3v) is 5.27. The molecular weight excluding hydrogens is 376 g/mol. The van der Waals surface area contributed by atoms with E-state index < -0.39 is 0 Å². The summed E-state index contributed by atoms with van der Waals surface area (Å²) < 4.78 is 7.47. The number of nitrogens with zero attached hydrogens (tertiary/aromatic N) is 4. The summed E-state index contributed by atoms with van der Waals surface area (Å²) in [5.41, 5.74) is 1.53. The van der Waals surface area contributed by atoms with Crippen molar-refractivity contribution in [2.75, 3.05) is 39.3 Å². The van der Waals surface area contributed by atoms with Crippen molar-refractivity contribution in [3.8, 4) is 5.75 Å². The molecule has 0 radical (unpaired) electrons. The fourth-order valence-electron chi connectivity index (χ4n) is 3.19. The van der Waals surface area contributed by atoms with Gasteiger partial charge in [0, 0.05) is 50.2 Å². The largest absolute Gasteiger partial charge is 0.492 e. The van der Waals surface area contributed by atoms with Gasteiger partial charge in [0.2, 0.25) is 0 Å². The van der Waals surface area contributed by atoms with Crippen molar-refractivity contribution in [3.63, 3.8) is 0 Å². The Hall–Kier alpha value is -2.05. The lowest BCUT2D eigenvalue weighted by atomic mass is 9.92. The molecule has 28 heavy (non-hydrogen) atoms. The summed E-state index contributed by atoms with van der Waals surface area (Å²) in [6.45, 7) is 10.9. The van der Waals surface area contributed by atoms with Gasteiger partial charge in [-0.05, 0) is 30.3 Å². The first kappa shape index (κ1) is 20.7. The van der Waals surface area contributed by atoms with Gasteiger partial charge in [-0.1, -0.05) is 32.4 Å². The van der Waals surface area contributed by atoms with Crippen LogP contribution in [0.25, 0.3) is 0 Å². The van der Waals surface area contributed by atoms with Gasteiger partial charge in [-0.2, -0.15) is 5.10 Å². The van der Waals surface area contributed by atoms with Gasteiger partial charge in [-0.3, -0.25) is 14.4 Å². The predicted octanol–water partition coefficient (Wildman–Crippen LogP) is 3.21. The summed E-state index contributed by atoms with van der Waals surface area (Å²) in [5, 5.41) is 5.23. The normalized spacial score (nSPS) is 15.7. The molecule has 0 N–H and O–H groups in total. The number of piperazine rings is 1. The number of ether oxygens (including phenoxy) is 1. The molecule has 7 heteroatoms. The van der Waals surface area contributed by atoms with Gasteiger partial charge in [-0.15, -0.1) is 0 Å². The van der Waals surface area contributed by atoms with Crippen LogP contribution in [0, 0.1) is 0 Å². The zero-order valence-electron chi connectivity index (χ0n) is 17.1. The second-order valence-corrected chi connectivity index (χ2v) is 8.66. The third-order valence-electron chi connectivity index (χ3n) is 5.02. The molecule has 1 saturated heterocycles. The van der Waals surface area contributed by atoms with Gasteiger partial charge in [0.15, 0.2) is 0 Å². The lowest BCUT2D eigenvalue weighted by Crippen LogP contribution is -2.49. The highest BCUT2D eigenvalue weighted by Gasteiger charge is 2.27. The second-order valence-electron chi connectivity index (χ2n) is 8.22. The summed E-state index contributed by atoms with van der Waals surface area (Å²) in [6, 6.07) is 9.32. The maximum absolute atomic E-state index is 12.9. The molecule has 1 aromatic heterocycles. The molecule has 0 bridgehead atoms. The molecule has 152 valence electrons. The van der Waals surface area contributed by atoms with Crippen LogP contribution in [0.4, 0.5) is 0 Å². The highest BCUT2D eigenvalue weighted by Crippen LogP contribution is 2.22.